The molecule has 0 saturated carbocycles. The van der Waals surface area contributed by atoms with Crippen LogP contribution in [0.4, 0.5) is 0 Å². The summed E-state index contributed by atoms with van der Waals surface area (Å²) in [6.07, 6.45) is 1.48. The lowest BCUT2D eigenvalue weighted by Gasteiger charge is -2.05. The lowest BCUT2D eigenvalue weighted by molar-refractivity contribution is 0.270. The van der Waals surface area contributed by atoms with Crippen molar-refractivity contribution in [3.05, 3.63) is 32.6 Å². The monoisotopic (exact) mass is 184 g/mol. The van der Waals surface area contributed by atoms with Crippen molar-refractivity contribution >= 4 is 0 Å². The molecule has 0 fully saturated rings. The van der Waals surface area contributed by atoms with E-state index < -0.39 is 5.69 Å². The topological polar surface area (TPSA) is 64.2 Å². The largest absolute Gasteiger partial charge is 0.395 e. The van der Waals surface area contributed by atoms with Gasteiger partial charge >= 0.3 is 5.69 Å². The van der Waals surface area contributed by atoms with Crippen LogP contribution in [-0.4, -0.2) is 20.8 Å². The molecular weight excluding hydrogens is 172 g/mol. The second kappa shape index (κ2) is 3.57. The fraction of sp³-hybridized carbons (Fsp3) is 0.500. The summed E-state index contributed by atoms with van der Waals surface area (Å²) >= 11 is 0. The van der Waals surface area contributed by atoms with Gasteiger partial charge in [-0.15, -0.1) is 0 Å². The van der Waals surface area contributed by atoms with Gasteiger partial charge in [0.25, 0.3) is 5.56 Å². The number of hydrogen-bond donors (Lipinski definition) is 1. The summed E-state index contributed by atoms with van der Waals surface area (Å²) in [4.78, 5) is 22.7. The van der Waals surface area contributed by atoms with Gasteiger partial charge < -0.3 is 9.67 Å². The molecule has 5 nitrogen and oxygen atoms in total. The van der Waals surface area contributed by atoms with Crippen molar-refractivity contribution in [3.8, 4) is 0 Å². The van der Waals surface area contributed by atoms with Crippen molar-refractivity contribution in [1.29, 1.82) is 0 Å². The summed E-state index contributed by atoms with van der Waals surface area (Å²) in [5.74, 6) is 0. The summed E-state index contributed by atoms with van der Waals surface area (Å²) < 4.78 is 2.35. The predicted octanol–water partition coefficient (Wildman–Crippen LogP) is -1.15. The van der Waals surface area contributed by atoms with Crippen molar-refractivity contribution in [2.24, 2.45) is 7.05 Å². The Morgan fingerprint density at radius 3 is 2.62 bits per heavy atom. The molecule has 0 aliphatic heterocycles. The predicted molar refractivity (Wildman–Crippen MR) is 47.8 cm³/mol. The Hall–Kier alpha value is -1.36. The molecule has 1 rings (SSSR count). The SMILES string of the molecule is Cc1cn(C)c(=O)n(CCO)c1=O. The van der Waals surface area contributed by atoms with E-state index in [1.807, 2.05) is 0 Å². The van der Waals surface area contributed by atoms with E-state index in [4.69, 9.17) is 5.11 Å². The lowest BCUT2D eigenvalue weighted by atomic mass is 10.4. The third-order valence-electron chi connectivity index (χ3n) is 1.83. The van der Waals surface area contributed by atoms with E-state index in [1.165, 1.54) is 10.8 Å². The summed E-state index contributed by atoms with van der Waals surface area (Å²) in [7, 11) is 1.57. The Kier molecular flexibility index (Phi) is 2.67. The minimum Gasteiger partial charge on any atom is -0.395 e. The Balaban J connectivity index is 3.47. The molecule has 13 heavy (non-hydrogen) atoms. The summed E-state index contributed by atoms with van der Waals surface area (Å²) in [6, 6.07) is 0. The fourth-order valence-electron chi connectivity index (χ4n) is 1.19. The Labute approximate surface area is 74.9 Å². The molecule has 0 aromatic carbocycles. The standard InChI is InChI=1S/C8H12N2O3/c1-6-5-9(2)8(13)10(3-4-11)7(6)12/h5,11H,3-4H2,1-2H3. The van der Waals surface area contributed by atoms with Gasteiger partial charge in [-0.05, 0) is 6.92 Å². The quantitative estimate of drug-likeness (QED) is 0.631. The van der Waals surface area contributed by atoms with Gasteiger partial charge in [0.2, 0.25) is 0 Å². The summed E-state index contributed by atoms with van der Waals surface area (Å²) in [5.41, 5.74) is -0.239. The summed E-state index contributed by atoms with van der Waals surface area (Å²) in [6.45, 7) is 1.47. The molecule has 0 spiro atoms. The molecule has 5 heteroatoms. The maximum absolute atomic E-state index is 11.4. The molecular formula is C8H12N2O3. The van der Waals surface area contributed by atoms with Crippen molar-refractivity contribution in [2.45, 2.75) is 13.5 Å². The van der Waals surface area contributed by atoms with Crippen LogP contribution < -0.4 is 11.2 Å². The number of aliphatic hydroxyl groups is 1. The molecule has 0 atom stereocenters. The Morgan fingerprint density at radius 2 is 2.08 bits per heavy atom. The average molecular weight is 184 g/mol. The zero-order valence-corrected chi connectivity index (χ0v) is 7.65. The van der Waals surface area contributed by atoms with E-state index in [0.717, 1.165) is 4.57 Å². The molecule has 0 aliphatic carbocycles. The Morgan fingerprint density at radius 1 is 1.46 bits per heavy atom. The highest BCUT2D eigenvalue weighted by molar-refractivity contribution is 5.02. The maximum atomic E-state index is 11.4. The fourth-order valence-corrected chi connectivity index (χ4v) is 1.19. The van der Waals surface area contributed by atoms with Crippen LogP contribution >= 0.6 is 0 Å². The Bertz CT molecular complexity index is 382. The highest BCUT2D eigenvalue weighted by atomic mass is 16.3. The number of aliphatic hydroxyl groups excluding tert-OH is 1. The van der Waals surface area contributed by atoms with Crippen molar-refractivity contribution < 1.29 is 5.11 Å². The molecule has 0 unspecified atom stereocenters. The number of aryl methyl sites for hydroxylation is 2. The van der Waals surface area contributed by atoms with Gasteiger partial charge in [0, 0.05) is 18.8 Å². The molecule has 1 aromatic heterocycles. The molecule has 1 aromatic rings. The van der Waals surface area contributed by atoms with Crippen molar-refractivity contribution in [1.82, 2.24) is 9.13 Å². The maximum Gasteiger partial charge on any atom is 0.330 e. The van der Waals surface area contributed by atoms with Crippen LogP contribution in [0.3, 0.4) is 0 Å². The first-order chi connectivity index (χ1) is 6.07. The van der Waals surface area contributed by atoms with E-state index in [9.17, 15) is 9.59 Å². The van der Waals surface area contributed by atoms with Crippen LogP contribution in [0, 0.1) is 6.92 Å². The first-order valence-electron chi connectivity index (χ1n) is 3.96. The first kappa shape index (κ1) is 9.73. The van der Waals surface area contributed by atoms with E-state index in [0.29, 0.717) is 5.56 Å². The van der Waals surface area contributed by atoms with Gasteiger partial charge in [-0.3, -0.25) is 9.36 Å². The third kappa shape index (κ3) is 1.70. The smallest absolute Gasteiger partial charge is 0.330 e. The molecule has 1 heterocycles. The van der Waals surface area contributed by atoms with E-state index in [2.05, 4.69) is 0 Å². The number of hydrogen-bond acceptors (Lipinski definition) is 3. The van der Waals surface area contributed by atoms with Gasteiger partial charge in [0.1, 0.15) is 0 Å². The van der Waals surface area contributed by atoms with Crippen LogP contribution in [0.2, 0.25) is 0 Å². The molecule has 1 N–H and O–H groups in total. The normalized spacial score (nSPS) is 10.4. The van der Waals surface area contributed by atoms with Crippen molar-refractivity contribution in [3.63, 3.8) is 0 Å². The number of aromatic nitrogens is 2. The molecule has 0 aliphatic rings. The minimum absolute atomic E-state index is 0.0488. The molecule has 0 bridgehead atoms. The zero-order valence-electron chi connectivity index (χ0n) is 7.65. The van der Waals surface area contributed by atoms with Gasteiger partial charge in [-0.2, -0.15) is 0 Å². The van der Waals surface area contributed by atoms with Crippen LogP contribution in [0.1, 0.15) is 5.56 Å². The third-order valence-corrected chi connectivity index (χ3v) is 1.83. The van der Waals surface area contributed by atoms with E-state index in [1.54, 1.807) is 14.0 Å². The number of rotatable bonds is 2. The van der Waals surface area contributed by atoms with E-state index in [-0.39, 0.29) is 18.7 Å². The van der Waals surface area contributed by atoms with Crippen LogP contribution in [0.25, 0.3) is 0 Å². The van der Waals surface area contributed by atoms with Crippen LogP contribution in [-0.2, 0) is 13.6 Å². The van der Waals surface area contributed by atoms with Crippen LogP contribution in [0.15, 0.2) is 15.8 Å². The molecule has 0 radical (unpaired) electrons. The lowest BCUT2D eigenvalue weighted by Crippen LogP contribution is -2.40. The van der Waals surface area contributed by atoms with Gasteiger partial charge in [0.05, 0.1) is 13.2 Å². The molecule has 72 valence electrons. The highest BCUT2D eigenvalue weighted by Gasteiger charge is 2.04. The van der Waals surface area contributed by atoms with Gasteiger partial charge in [-0.1, -0.05) is 0 Å². The minimum atomic E-state index is -0.398. The van der Waals surface area contributed by atoms with Gasteiger partial charge in [-0.25, -0.2) is 4.79 Å². The van der Waals surface area contributed by atoms with Crippen molar-refractivity contribution in [2.75, 3.05) is 6.61 Å². The van der Waals surface area contributed by atoms with Gasteiger partial charge in [0.15, 0.2) is 0 Å². The highest BCUT2D eigenvalue weighted by Crippen LogP contribution is 1.83. The van der Waals surface area contributed by atoms with Crippen LogP contribution in [0.5, 0.6) is 0 Å². The average Bonchev–Trinajstić information content (AvgIpc) is 2.09. The first-order valence-corrected chi connectivity index (χ1v) is 3.96. The molecule has 0 saturated heterocycles. The van der Waals surface area contributed by atoms with E-state index >= 15 is 0 Å². The molecule has 0 amide bonds. The second-order valence-electron chi connectivity index (χ2n) is 2.89. The second-order valence-corrected chi connectivity index (χ2v) is 2.89. The zero-order chi connectivity index (χ0) is 10.0. The summed E-state index contributed by atoms with van der Waals surface area (Å²) in [5, 5.41) is 8.64. The number of nitrogens with zero attached hydrogens (tertiary/aromatic N) is 2.